The highest BCUT2D eigenvalue weighted by molar-refractivity contribution is 5.95. The largest absolute Gasteiger partial charge is 0.463 e. The molecule has 0 spiro atoms. The van der Waals surface area contributed by atoms with E-state index in [4.69, 9.17) is 4.74 Å². The molecule has 0 bridgehead atoms. The second-order valence-electron chi connectivity index (χ2n) is 6.21. The summed E-state index contributed by atoms with van der Waals surface area (Å²) in [6, 6.07) is 17.0. The molecular weight excluding hydrogens is 316 g/mol. The van der Waals surface area contributed by atoms with Gasteiger partial charge in [-0.15, -0.1) is 0 Å². The van der Waals surface area contributed by atoms with Crippen LogP contribution in [-0.2, 0) is 20.9 Å². The van der Waals surface area contributed by atoms with E-state index >= 15 is 0 Å². The molecule has 1 N–H and O–H groups in total. The van der Waals surface area contributed by atoms with Crippen molar-refractivity contribution in [3.63, 3.8) is 0 Å². The topological polar surface area (TPSA) is 58.6 Å². The minimum Gasteiger partial charge on any atom is -0.463 e. The number of anilines is 1. The molecule has 0 unspecified atom stereocenters. The summed E-state index contributed by atoms with van der Waals surface area (Å²) in [6.07, 6.45) is 0.0833. The predicted molar refractivity (Wildman–Crippen MR) is 96.0 cm³/mol. The number of nitrogens with zero attached hydrogens (tertiary/aromatic N) is 1. The highest BCUT2D eigenvalue weighted by Gasteiger charge is 2.33. The fourth-order valence-corrected chi connectivity index (χ4v) is 2.97. The number of carbonyl (C=O) groups is 2. The summed E-state index contributed by atoms with van der Waals surface area (Å²) < 4.78 is 5.17. The van der Waals surface area contributed by atoms with E-state index in [1.165, 1.54) is 0 Å². The number of para-hydroxylation sites is 1. The fourth-order valence-electron chi connectivity index (χ4n) is 2.97. The molecule has 1 amide bonds. The van der Waals surface area contributed by atoms with Crippen molar-refractivity contribution in [2.45, 2.75) is 25.9 Å². The Morgan fingerprint density at radius 2 is 1.88 bits per heavy atom. The van der Waals surface area contributed by atoms with Crippen molar-refractivity contribution in [2.24, 2.45) is 0 Å². The highest BCUT2D eigenvalue weighted by Crippen LogP contribution is 2.18. The second kappa shape index (κ2) is 7.94. The molecule has 1 fully saturated rings. The lowest BCUT2D eigenvalue weighted by atomic mass is 10.1. The maximum absolute atomic E-state index is 12.4. The zero-order valence-electron chi connectivity index (χ0n) is 14.3. The molecule has 5 heteroatoms. The number of hydrogen-bond donors (Lipinski definition) is 1. The van der Waals surface area contributed by atoms with E-state index in [9.17, 15) is 9.59 Å². The third kappa shape index (κ3) is 4.45. The van der Waals surface area contributed by atoms with Gasteiger partial charge in [-0.25, -0.2) is 0 Å². The Morgan fingerprint density at radius 3 is 2.64 bits per heavy atom. The molecule has 2 aromatic carbocycles. The Labute approximate surface area is 147 Å². The number of hydrogen-bond acceptors (Lipinski definition) is 4. The molecule has 25 heavy (non-hydrogen) atoms. The van der Waals surface area contributed by atoms with Crippen molar-refractivity contribution in [3.8, 4) is 0 Å². The van der Waals surface area contributed by atoms with Crippen LogP contribution in [0.3, 0.4) is 0 Å². The van der Waals surface area contributed by atoms with Crippen LogP contribution in [0.15, 0.2) is 54.6 Å². The summed E-state index contributed by atoms with van der Waals surface area (Å²) in [5.41, 5.74) is 2.87. The zero-order chi connectivity index (χ0) is 17.6. The van der Waals surface area contributed by atoms with Crippen LogP contribution in [0.1, 0.15) is 17.5 Å². The Bertz CT molecular complexity index is 746. The van der Waals surface area contributed by atoms with Crippen molar-refractivity contribution < 1.29 is 14.3 Å². The van der Waals surface area contributed by atoms with Gasteiger partial charge >= 0.3 is 5.97 Å². The number of benzene rings is 2. The van der Waals surface area contributed by atoms with Crippen LogP contribution >= 0.6 is 0 Å². The van der Waals surface area contributed by atoms with Crippen LogP contribution < -0.4 is 5.32 Å². The van der Waals surface area contributed by atoms with Gasteiger partial charge < -0.3 is 10.1 Å². The van der Waals surface area contributed by atoms with Crippen molar-refractivity contribution in [1.29, 1.82) is 0 Å². The lowest BCUT2D eigenvalue weighted by Gasteiger charge is -2.33. The lowest BCUT2D eigenvalue weighted by Crippen LogP contribution is -2.49. The maximum Gasteiger partial charge on any atom is 0.323 e. The average molecular weight is 338 g/mol. The molecule has 0 saturated carbocycles. The number of aryl methyl sites for hydroxylation is 1. The molecule has 1 aliphatic rings. The molecule has 1 heterocycles. The van der Waals surface area contributed by atoms with E-state index in [1.807, 2.05) is 66.4 Å². The van der Waals surface area contributed by atoms with E-state index in [2.05, 4.69) is 5.32 Å². The van der Waals surface area contributed by atoms with Crippen LogP contribution in [0.2, 0.25) is 0 Å². The average Bonchev–Trinajstić information content (AvgIpc) is 2.61. The van der Waals surface area contributed by atoms with E-state index in [0.29, 0.717) is 19.7 Å². The van der Waals surface area contributed by atoms with Crippen molar-refractivity contribution in [3.05, 3.63) is 65.7 Å². The van der Waals surface area contributed by atoms with Crippen molar-refractivity contribution in [1.82, 2.24) is 4.90 Å². The summed E-state index contributed by atoms with van der Waals surface area (Å²) in [5, 5.41) is 2.89. The van der Waals surface area contributed by atoms with Gasteiger partial charge in [-0.3, -0.25) is 14.5 Å². The van der Waals surface area contributed by atoms with E-state index in [0.717, 1.165) is 16.8 Å². The first kappa shape index (κ1) is 17.2. The van der Waals surface area contributed by atoms with Gasteiger partial charge in [0.15, 0.2) is 0 Å². The first-order valence-electron chi connectivity index (χ1n) is 8.43. The number of amides is 1. The number of cyclic esters (lactones) is 1. The molecule has 0 aliphatic carbocycles. The van der Waals surface area contributed by atoms with Crippen LogP contribution in [0.4, 0.5) is 5.69 Å². The molecule has 130 valence electrons. The van der Waals surface area contributed by atoms with E-state index in [1.54, 1.807) is 0 Å². The van der Waals surface area contributed by atoms with Gasteiger partial charge in [-0.2, -0.15) is 0 Å². The Kier molecular flexibility index (Phi) is 5.46. The Hall–Kier alpha value is -2.66. The number of nitrogens with one attached hydrogen (secondary N) is 1. The Morgan fingerprint density at radius 1 is 1.16 bits per heavy atom. The standard InChI is InChI=1S/C20H22N2O3/c1-15-7-5-6-10-17(15)21-19(23)13-18-20(24)25-12-11-22(18)14-16-8-3-2-4-9-16/h2-10,18H,11-14H2,1H3,(H,21,23)/t18-/m1/s1. The number of carbonyl (C=O) groups excluding carboxylic acids is 2. The number of ether oxygens (including phenoxy) is 1. The molecule has 0 aromatic heterocycles. The van der Waals surface area contributed by atoms with E-state index in [-0.39, 0.29) is 18.3 Å². The molecule has 5 nitrogen and oxygen atoms in total. The molecular formula is C20H22N2O3. The molecule has 3 rings (SSSR count). The molecule has 0 radical (unpaired) electrons. The summed E-state index contributed by atoms with van der Waals surface area (Å²) in [6.45, 7) is 3.55. The second-order valence-corrected chi connectivity index (χ2v) is 6.21. The zero-order valence-corrected chi connectivity index (χ0v) is 14.3. The summed E-state index contributed by atoms with van der Waals surface area (Å²) in [4.78, 5) is 26.6. The summed E-state index contributed by atoms with van der Waals surface area (Å²) in [7, 11) is 0. The molecule has 1 atom stereocenters. The highest BCUT2D eigenvalue weighted by atomic mass is 16.5. The van der Waals surface area contributed by atoms with Gasteiger partial charge in [0, 0.05) is 18.8 Å². The first-order valence-corrected chi connectivity index (χ1v) is 8.43. The smallest absolute Gasteiger partial charge is 0.323 e. The Balaban J connectivity index is 1.67. The third-order valence-corrected chi connectivity index (χ3v) is 4.36. The van der Waals surface area contributed by atoms with Crippen LogP contribution in [0.25, 0.3) is 0 Å². The monoisotopic (exact) mass is 338 g/mol. The SMILES string of the molecule is Cc1ccccc1NC(=O)C[C@@H]1C(=O)OCCN1Cc1ccccc1. The maximum atomic E-state index is 12.4. The third-order valence-electron chi connectivity index (χ3n) is 4.36. The number of morpholine rings is 1. The minimum absolute atomic E-state index is 0.0833. The minimum atomic E-state index is -0.557. The van der Waals surface area contributed by atoms with E-state index < -0.39 is 6.04 Å². The van der Waals surface area contributed by atoms with Gasteiger partial charge in [0.05, 0.1) is 6.42 Å². The molecule has 1 saturated heterocycles. The quantitative estimate of drug-likeness (QED) is 0.852. The molecule has 1 aliphatic heterocycles. The van der Waals surface area contributed by atoms with Gasteiger partial charge in [0.25, 0.3) is 0 Å². The summed E-state index contributed by atoms with van der Waals surface area (Å²) in [5.74, 6) is -0.515. The van der Waals surface area contributed by atoms with Crippen LogP contribution in [0, 0.1) is 6.92 Å². The predicted octanol–water partition coefficient (Wildman–Crippen LogP) is 2.75. The van der Waals surface area contributed by atoms with Crippen molar-refractivity contribution in [2.75, 3.05) is 18.5 Å². The first-order chi connectivity index (χ1) is 12.1. The van der Waals surface area contributed by atoms with Crippen molar-refractivity contribution >= 4 is 17.6 Å². The van der Waals surface area contributed by atoms with Gasteiger partial charge in [-0.05, 0) is 24.1 Å². The number of rotatable bonds is 5. The van der Waals surface area contributed by atoms with Gasteiger partial charge in [0.1, 0.15) is 12.6 Å². The van der Waals surface area contributed by atoms with Crippen LogP contribution in [0.5, 0.6) is 0 Å². The van der Waals surface area contributed by atoms with Gasteiger partial charge in [-0.1, -0.05) is 48.5 Å². The molecule has 2 aromatic rings. The fraction of sp³-hybridized carbons (Fsp3) is 0.300. The lowest BCUT2D eigenvalue weighted by molar-refractivity contribution is -0.159. The van der Waals surface area contributed by atoms with Gasteiger partial charge in [0.2, 0.25) is 5.91 Å². The number of esters is 1. The summed E-state index contributed by atoms with van der Waals surface area (Å²) >= 11 is 0. The van der Waals surface area contributed by atoms with Crippen LogP contribution in [-0.4, -0.2) is 36.0 Å². The normalized spacial score (nSPS) is 17.8.